The average Bonchev–Trinajstić information content (AvgIpc) is 3.20. The van der Waals surface area contributed by atoms with Crippen molar-refractivity contribution >= 4 is 11.9 Å². The molecule has 0 saturated heterocycles. The molecule has 2 fully saturated rings. The van der Waals surface area contributed by atoms with E-state index in [1.165, 1.54) is 0 Å². The molecule has 0 amide bonds. The summed E-state index contributed by atoms with van der Waals surface area (Å²) in [5.41, 5.74) is 1.04. The van der Waals surface area contributed by atoms with Crippen molar-refractivity contribution in [3.63, 3.8) is 0 Å². The van der Waals surface area contributed by atoms with Gasteiger partial charge in [-0.05, 0) is 37.2 Å². The molecule has 0 bridgehead atoms. The Balaban J connectivity index is 1.43. The molecule has 2 saturated carbocycles. The van der Waals surface area contributed by atoms with Gasteiger partial charge in [0.15, 0.2) is 0 Å². The van der Waals surface area contributed by atoms with Gasteiger partial charge in [0.05, 0.1) is 18.4 Å². The van der Waals surface area contributed by atoms with Gasteiger partial charge in [0.25, 0.3) is 0 Å². The summed E-state index contributed by atoms with van der Waals surface area (Å²) in [4.78, 5) is 23.6. The van der Waals surface area contributed by atoms with Crippen LogP contribution in [0.5, 0.6) is 0 Å². The van der Waals surface area contributed by atoms with Crippen LogP contribution in [-0.2, 0) is 25.7 Å². The first-order chi connectivity index (χ1) is 10.1. The van der Waals surface area contributed by atoms with E-state index in [0.29, 0.717) is 13.2 Å². The molecule has 3 rings (SSSR count). The molecular formula is C17H20O4. The van der Waals surface area contributed by atoms with Crippen molar-refractivity contribution in [2.45, 2.75) is 32.8 Å². The predicted molar refractivity (Wildman–Crippen MR) is 76.1 cm³/mol. The van der Waals surface area contributed by atoms with E-state index in [-0.39, 0.29) is 29.2 Å². The normalized spacial score (nSPS) is 29.6. The maximum Gasteiger partial charge on any atom is 0.309 e. The minimum Gasteiger partial charge on any atom is -0.466 e. The van der Waals surface area contributed by atoms with Crippen molar-refractivity contribution in [1.82, 2.24) is 0 Å². The summed E-state index contributed by atoms with van der Waals surface area (Å²) in [6.45, 7) is 2.57. The summed E-state index contributed by atoms with van der Waals surface area (Å²) in [5, 5.41) is 0. The van der Waals surface area contributed by atoms with Crippen molar-refractivity contribution < 1.29 is 19.1 Å². The lowest BCUT2D eigenvalue weighted by atomic mass is 9.70. The summed E-state index contributed by atoms with van der Waals surface area (Å²) < 4.78 is 10.4. The van der Waals surface area contributed by atoms with Gasteiger partial charge >= 0.3 is 11.9 Å². The van der Waals surface area contributed by atoms with E-state index in [2.05, 4.69) is 0 Å². The molecule has 0 aromatic heterocycles. The number of carbonyl (C=O) groups is 2. The summed E-state index contributed by atoms with van der Waals surface area (Å²) in [7, 11) is 0. The topological polar surface area (TPSA) is 52.6 Å². The van der Waals surface area contributed by atoms with Gasteiger partial charge in [-0.15, -0.1) is 0 Å². The minimum absolute atomic E-state index is 0.00984. The zero-order chi connectivity index (χ0) is 14.9. The quantitative estimate of drug-likeness (QED) is 0.782. The van der Waals surface area contributed by atoms with Gasteiger partial charge in [0, 0.05) is 0 Å². The highest BCUT2D eigenvalue weighted by atomic mass is 16.5. The highest BCUT2D eigenvalue weighted by Crippen LogP contribution is 2.68. The van der Waals surface area contributed by atoms with Crippen LogP contribution in [0.4, 0.5) is 0 Å². The van der Waals surface area contributed by atoms with Crippen molar-refractivity contribution in [3.05, 3.63) is 35.9 Å². The van der Waals surface area contributed by atoms with Gasteiger partial charge in [0.2, 0.25) is 0 Å². The van der Waals surface area contributed by atoms with E-state index in [1.807, 2.05) is 37.3 Å². The minimum atomic E-state index is -0.140. The van der Waals surface area contributed by atoms with Crippen LogP contribution in [0.15, 0.2) is 30.3 Å². The first kappa shape index (κ1) is 14.1. The zero-order valence-corrected chi connectivity index (χ0v) is 12.2. The third kappa shape index (κ3) is 2.80. The van der Waals surface area contributed by atoms with Gasteiger partial charge in [0.1, 0.15) is 6.61 Å². The third-order valence-corrected chi connectivity index (χ3v) is 4.62. The molecular weight excluding hydrogens is 268 g/mol. The van der Waals surface area contributed by atoms with Crippen molar-refractivity contribution in [3.8, 4) is 0 Å². The molecule has 21 heavy (non-hydrogen) atoms. The predicted octanol–water partition coefficient (Wildman–Crippen LogP) is 2.71. The van der Waals surface area contributed by atoms with E-state index in [9.17, 15) is 9.59 Å². The van der Waals surface area contributed by atoms with Crippen molar-refractivity contribution in [2.24, 2.45) is 17.3 Å². The third-order valence-electron chi connectivity index (χ3n) is 4.62. The largest absolute Gasteiger partial charge is 0.466 e. The fraction of sp³-hybridized carbons (Fsp3) is 0.529. The van der Waals surface area contributed by atoms with Crippen LogP contribution < -0.4 is 0 Å². The van der Waals surface area contributed by atoms with E-state index < -0.39 is 0 Å². The molecule has 2 aliphatic rings. The number of benzene rings is 1. The number of hydrogen-bond acceptors (Lipinski definition) is 4. The summed E-state index contributed by atoms with van der Waals surface area (Å²) >= 11 is 0. The molecule has 0 radical (unpaired) electrons. The Morgan fingerprint density at radius 2 is 1.81 bits per heavy atom. The molecule has 1 spiro atoms. The second kappa shape index (κ2) is 5.51. The maximum atomic E-state index is 12.0. The van der Waals surface area contributed by atoms with Gasteiger partial charge in [-0.2, -0.15) is 0 Å². The Bertz CT molecular complexity index is 531. The molecule has 112 valence electrons. The van der Waals surface area contributed by atoms with Gasteiger partial charge in [-0.25, -0.2) is 0 Å². The second-order valence-electron chi connectivity index (χ2n) is 6.07. The molecule has 4 heteroatoms. The number of carbonyl (C=O) groups excluding carboxylic acids is 2. The van der Waals surface area contributed by atoms with Crippen molar-refractivity contribution in [2.75, 3.05) is 6.61 Å². The van der Waals surface area contributed by atoms with Crippen LogP contribution in [-0.4, -0.2) is 18.5 Å². The summed E-state index contributed by atoms with van der Waals surface area (Å²) in [5.74, 6) is -0.281. The Morgan fingerprint density at radius 3 is 2.48 bits per heavy atom. The highest BCUT2D eigenvalue weighted by Gasteiger charge is 2.66. The molecule has 2 aliphatic carbocycles. The van der Waals surface area contributed by atoms with Crippen molar-refractivity contribution in [1.29, 1.82) is 0 Å². The fourth-order valence-corrected chi connectivity index (χ4v) is 3.31. The van der Waals surface area contributed by atoms with E-state index in [4.69, 9.17) is 9.47 Å². The van der Waals surface area contributed by atoms with Crippen LogP contribution in [0.1, 0.15) is 31.7 Å². The molecule has 0 N–H and O–H groups in total. The average molecular weight is 288 g/mol. The van der Waals surface area contributed by atoms with Crippen LogP contribution >= 0.6 is 0 Å². The Morgan fingerprint density at radius 1 is 1.10 bits per heavy atom. The van der Waals surface area contributed by atoms with Crippen LogP contribution in [0.2, 0.25) is 0 Å². The van der Waals surface area contributed by atoms with Gasteiger partial charge in [-0.1, -0.05) is 30.3 Å². The lowest BCUT2D eigenvalue weighted by molar-refractivity contribution is -0.158. The molecule has 1 atom stereocenters. The second-order valence-corrected chi connectivity index (χ2v) is 6.07. The molecule has 1 unspecified atom stereocenters. The SMILES string of the molecule is CCOC(=O)C1CC12CC(C(=O)OCc1ccccc1)C2. The zero-order valence-electron chi connectivity index (χ0n) is 12.2. The van der Waals surface area contributed by atoms with Crippen LogP contribution in [0.25, 0.3) is 0 Å². The molecule has 0 heterocycles. The summed E-state index contributed by atoms with van der Waals surface area (Å²) in [6, 6.07) is 9.66. The lowest BCUT2D eigenvalue weighted by Crippen LogP contribution is -2.35. The van der Waals surface area contributed by atoms with Crippen LogP contribution in [0, 0.1) is 17.3 Å². The Labute approximate surface area is 124 Å². The van der Waals surface area contributed by atoms with Crippen LogP contribution in [0.3, 0.4) is 0 Å². The number of ether oxygens (including phenoxy) is 2. The Kier molecular flexibility index (Phi) is 3.70. The highest BCUT2D eigenvalue weighted by molar-refractivity contribution is 5.80. The first-order valence-corrected chi connectivity index (χ1v) is 7.52. The van der Waals surface area contributed by atoms with E-state index in [0.717, 1.165) is 24.8 Å². The van der Waals surface area contributed by atoms with Gasteiger partial charge in [-0.3, -0.25) is 9.59 Å². The molecule has 0 aliphatic heterocycles. The number of rotatable bonds is 5. The molecule has 4 nitrogen and oxygen atoms in total. The fourth-order valence-electron chi connectivity index (χ4n) is 3.31. The molecule has 1 aromatic carbocycles. The number of esters is 2. The van der Waals surface area contributed by atoms with Gasteiger partial charge < -0.3 is 9.47 Å². The molecule has 1 aromatic rings. The Hall–Kier alpha value is -1.84. The standard InChI is InChI=1S/C17H20O4/c1-2-20-16(19)14-10-17(14)8-13(9-17)15(18)21-11-12-6-4-3-5-7-12/h3-7,13-14H,2,8-11H2,1H3. The maximum absolute atomic E-state index is 12.0. The van der Waals surface area contributed by atoms with E-state index >= 15 is 0 Å². The monoisotopic (exact) mass is 288 g/mol. The summed E-state index contributed by atoms with van der Waals surface area (Å²) in [6.07, 6.45) is 2.41. The number of hydrogen-bond donors (Lipinski definition) is 0. The lowest BCUT2D eigenvalue weighted by Gasteiger charge is -2.34. The first-order valence-electron chi connectivity index (χ1n) is 7.52. The van der Waals surface area contributed by atoms with E-state index in [1.54, 1.807) is 0 Å². The smallest absolute Gasteiger partial charge is 0.309 e.